The van der Waals surface area contributed by atoms with Gasteiger partial charge in [0.1, 0.15) is 0 Å². The van der Waals surface area contributed by atoms with E-state index in [1.807, 2.05) is 25.2 Å². The average Bonchev–Trinajstić information content (AvgIpc) is 2.56. The number of benzene rings is 1. The van der Waals surface area contributed by atoms with Gasteiger partial charge in [-0.2, -0.15) is 0 Å². The summed E-state index contributed by atoms with van der Waals surface area (Å²) in [5.74, 6) is -1.99. The number of rotatable bonds is 7. The van der Waals surface area contributed by atoms with E-state index in [1.54, 1.807) is 12.1 Å². The van der Waals surface area contributed by atoms with Crippen molar-refractivity contribution in [2.24, 2.45) is 5.41 Å². The molecule has 0 aliphatic heterocycles. The van der Waals surface area contributed by atoms with Crippen LogP contribution < -0.4 is 0 Å². The van der Waals surface area contributed by atoms with Gasteiger partial charge >= 0.3 is 11.9 Å². The number of carboxylic acid groups (broad SMARTS) is 2. The van der Waals surface area contributed by atoms with Crippen molar-refractivity contribution in [2.75, 3.05) is 0 Å². The number of ketones is 1. The molecule has 2 N–H and O–H groups in total. The Morgan fingerprint density at radius 2 is 1.88 bits per heavy atom. The number of hydrogen-bond acceptors (Lipinski definition) is 3. The molecule has 1 atom stereocenters. The van der Waals surface area contributed by atoms with E-state index >= 15 is 0 Å². The summed E-state index contributed by atoms with van der Waals surface area (Å²) < 4.78 is 0. The standard InChI is InChI=1S/C19H20O5/c1-19(10-8-13(9-11-19)4-2-7-16(20)21)17(22)14-5-3-6-15(12-14)18(23)24/h3,5-6,8-10,12H,2,4,7,11H2,1H3,(H,20,21)(H,23,24). The maximum Gasteiger partial charge on any atom is 0.335 e. The predicted octanol–water partition coefficient (Wildman–Crippen LogP) is 3.72. The minimum atomic E-state index is -1.06. The van der Waals surface area contributed by atoms with Crippen molar-refractivity contribution in [3.63, 3.8) is 0 Å². The smallest absolute Gasteiger partial charge is 0.335 e. The van der Waals surface area contributed by atoms with Gasteiger partial charge in [0.25, 0.3) is 0 Å². The SMILES string of the molecule is CC1(C(=O)c2cccc(C(=O)O)c2)C=CC(CCCC(=O)O)=CC1. The number of carbonyl (C=O) groups excluding carboxylic acids is 1. The van der Waals surface area contributed by atoms with Gasteiger partial charge in [-0.3, -0.25) is 9.59 Å². The van der Waals surface area contributed by atoms with Gasteiger partial charge in [-0.1, -0.05) is 35.9 Å². The molecule has 0 radical (unpaired) electrons. The molecule has 1 aliphatic carbocycles. The highest BCUT2D eigenvalue weighted by Gasteiger charge is 2.32. The molecular formula is C19H20O5. The third kappa shape index (κ3) is 4.19. The number of carboxylic acids is 2. The van der Waals surface area contributed by atoms with E-state index in [9.17, 15) is 14.4 Å². The van der Waals surface area contributed by atoms with Crippen molar-refractivity contribution in [1.82, 2.24) is 0 Å². The van der Waals surface area contributed by atoms with Gasteiger partial charge in [-0.05, 0) is 38.3 Å². The van der Waals surface area contributed by atoms with Crippen LogP contribution in [0.1, 0.15) is 53.3 Å². The lowest BCUT2D eigenvalue weighted by atomic mass is 9.75. The molecule has 24 heavy (non-hydrogen) atoms. The average molecular weight is 328 g/mol. The summed E-state index contributed by atoms with van der Waals surface area (Å²) in [6.07, 6.45) is 7.54. The zero-order valence-corrected chi connectivity index (χ0v) is 13.5. The van der Waals surface area contributed by atoms with Crippen molar-refractivity contribution in [1.29, 1.82) is 0 Å². The first-order chi connectivity index (χ1) is 11.3. The van der Waals surface area contributed by atoms with Gasteiger partial charge in [0.15, 0.2) is 5.78 Å². The lowest BCUT2D eigenvalue weighted by Gasteiger charge is -2.26. The Kier molecular flexibility index (Phi) is 5.34. The maximum atomic E-state index is 12.8. The molecule has 0 saturated heterocycles. The second-order valence-corrected chi connectivity index (χ2v) is 6.20. The molecule has 0 aromatic heterocycles. The monoisotopic (exact) mass is 328 g/mol. The van der Waals surface area contributed by atoms with Crippen LogP contribution in [0.3, 0.4) is 0 Å². The Morgan fingerprint density at radius 1 is 1.17 bits per heavy atom. The van der Waals surface area contributed by atoms with E-state index in [1.165, 1.54) is 12.1 Å². The third-order valence-corrected chi connectivity index (χ3v) is 4.20. The Hall–Kier alpha value is -2.69. The summed E-state index contributed by atoms with van der Waals surface area (Å²) in [6.45, 7) is 1.82. The van der Waals surface area contributed by atoms with Crippen molar-refractivity contribution in [3.8, 4) is 0 Å². The quantitative estimate of drug-likeness (QED) is 0.744. The van der Waals surface area contributed by atoms with E-state index < -0.39 is 17.4 Å². The van der Waals surface area contributed by atoms with Crippen molar-refractivity contribution in [3.05, 3.63) is 59.2 Å². The molecule has 1 aromatic rings. The van der Waals surface area contributed by atoms with E-state index in [2.05, 4.69) is 0 Å². The number of aliphatic carboxylic acids is 1. The van der Waals surface area contributed by atoms with Crippen LogP contribution in [0.25, 0.3) is 0 Å². The highest BCUT2D eigenvalue weighted by molar-refractivity contribution is 6.03. The second kappa shape index (κ2) is 7.25. The zero-order chi connectivity index (χ0) is 17.7. The molecule has 0 saturated carbocycles. The number of Topliss-reactive ketones (excluding diaryl/α,β-unsaturated/α-hetero) is 1. The Labute approximate surface area is 140 Å². The maximum absolute atomic E-state index is 12.8. The first kappa shape index (κ1) is 17.7. The van der Waals surface area contributed by atoms with E-state index in [-0.39, 0.29) is 17.8 Å². The molecule has 5 heteroatoms. The molecule has 1 aromatic carbocycles. The number of allylic oxidation sites excluding steroid dienone is 4. The lowest BCUT2D eigenvalue weighted by Crippen LogP contribution is -2.27. The van der Waals surface area contributed by atoms with Crippen molar-refractivity contribution < 1.29 is 24.6 Å². The van der Waals surface area contributed by atoms with Crippen LogP contribution in [0, 0.1) is 5.41 Å². The third-order valence-electron chi connectivity index (χ3n) is 4.20. The Balaban J connectivity index is 2.07. The molecule has 2 rings (SSSR count). The fraction of sp³-hybridized carbons (Fsp3) is 0.316. The van der Waals surface area contributed by atoms with Crippen LogP contribution in [0.2, 0.25) is 0 Å². The van der Waals surface area contributed by atoms with Gasteiger partial charge in [-0.15, -0.1) is 0 Å². The van der Waals surface area contributed by atoms with Crippen molar-refractivity contribution in [2.45, 2.75) is 32.6 Å². The minimum absolute atomic E-state index is 0.0918. The molecule has 0 heterocycles. The number of hydrogen-bond donors (Lipinski definition) is 2. The highest BCUT2D eigenvalue weighted by atomic mass is 16.4. The minimum Gasteiger partial charge on any atom is -0.481 e. The van der Waals surface area contributed by atoms with Crippen LogP contribution in [0.15, 0.2) is 48.1 Å². The normalized spacial score (nSPS) is 19.6. The summed E-state index contributed by atoms with van der Waals surface area (Å²) in [5.41, 5.74) is 0.785. The molecule has 5 nitrogen and oxygen atoms in total. The summed E-state index contributed by atoms with van der Waals surface area (Å²) in [5, 5.41) is 17.7. The first-order valence-corrected chi connectivity index (χ1v) is 7.80. The lowest BCUT2D eigenvalue weighted by molar-refractivity contribution is -0.137. The molecular weight excluding hydrogens is 308 g/mol. The van der Waals surface area contributed by atoms with Crippen LogP contribution in [-0.4, -0.2) is 27.9 Å². The summed E-state index contributed by atoms with van der Waals surface area (Å²) in [7, 11) is 0. The Bertz CT molecular complexity index is 729. The van der Waals surface area contributed by atoms with Gasteiger partial charge in [0, 0.05) is 12.0 Å². The highest BCUT2D eigenvalue weighted by Crippen LogP contribution is 2.34. The summed E-state index contributed by atoms with van der Waals surface area (Å²) in [4.78, 5) is 34.3. The van der Waals surface area contributed by atoms with Crippen LogP contribution >= 0.6 is 0 Å². The molecule has 0 spiro atoms. The first-order valence-electron chi connectivity index (χ1n) is 7.80. The molecule has 1 unspecified atom stereocenters. The fourth-order valence-corrected chi connectivity index (χ4v) is 2.69. The topological polar surface area (TPSA) is 91.7 Å². The van der Waals surface area contributed by atoms with Crippen molar-refractivity contribution >= 4 is 17.7 Å². The second-order valence-electron chi connectivity index (χ2n) is 6.20. The molecule has 0 amide bonds. The zero-order valence-electron chi connectivity index (χ0n) is 13.5. The molecule has 1 aliphatic rings. The largest absolute Gasteiger partial charge is 0.481 e. The van der Waals surface area contributed by atoms with E-state index in [0.717, 1.165) is 5.57 Å². The van der Waals surface area contributed by atoms with E-state index in [4.69, 9.17) is 10.2 Å². The predicted molar refractivity (Wildman–Crippen MR) is 89.2 cm³/mol. The number of aromatic carboxylic acids is 1. The van der Waals surface area contributed by atoms with Crippen LogP contribution in [-0.2, 0) is 4.79 Å². The Morgan fingerprint density at radius 3 is 2.46 bits per heavy atom. The van der Waals surface area contributed by atoms with Crippen LogP contribution in [0.4, 0.5) is 0 Å². The van der Waals surface area contributed by atoms with Crippen LogP contribution in [0.5, 0.6) is 0 Å². The van der Waals surface area contributed by atoms with Gasteiger partial charge in [-0.25, -0.2) is 4.79 Å². The molecule has 126 valence electrons. The van der Waals surface area contributed by atoms with Gasteiger partial charge < -0.3 is 10.2 Å². The fourth-order valence-electron chi connectivity index (χ4n) is 2.69. The van der Waals surface area contributed by atoms with Gasteiger partial charge in [0.05, 0.1) is 11.0 Å². The molecule has 0 bridgehead atoms. The summed E-state index contributed by atoms with van der Waals surface area (Å²) in [6, 6.07) is 6.05. The molecule has 0 fully saturated rings. The number of carbonyl (C=O) groups is 3. The van der Waals surface area contributed by atoms with Gasteiger partial charge in [0.2, 0.25) is 0 Å². The van der Waals surface area contributed by atoms with E-state index in [0.29, 0.717) is 24.8 Å². The summed E-state index contributed by atoms with van der Waals surface area (Å²) >= 11 is 0.